The second-order valence-corrected chi connectivity index (χ2v) is 15.6. The van der Waals surface area contributed by atoms with Crippen LogP contribution >= 0.6 is 0 Å². The zero-order valence-corrected chi connectivity index (χ0v) is 31.5. The number of amides is 2. The minimum Gasteiger partial charge on any atom is -0.444 e. The molecule has 0 unspecified atom stereocenters. The predicted octanol–water partition coefficient (Wildman–Crippen LogP) is 7.36. The molecular formula is C42H53N7O4. The standard InChI is InChI=1S/C42H53N7O4/c1-42(2,3)53-41(52)43-27-30-7-11-33(12-8-30)38(50)26-35(40(51)46-36-17-13-34(14-18-36)39-44-28-45-47-39)25-29-5-9-31(10-6-29)32-15-19-37(20-16-32)49-23-21-48(4)22-24-49/h5-6,9-10,13-20,30,33,35H,7-8,11-12,21-28H2,1-4H3,(H,43,52)(H,46,51)/t30?,33?,35-/m1/s1. The Bertz CT molecular complexity index is 1770. The van der Waals surface area contributed by atoms with Crippen LogP contribution in [-0.4, -0.2) is 80.6 Å². The molecule has 2 N–H and O–H groups in total. The first kappa shape index (κ1) is 37.8. The third-order valence-electron chi connectivity index (χ3n) is 10.4. The number of likely N-dealkylation sites (N-methyl/N-ethyl adjacent to an activating group) is 1. The molecule has 2 fully saturated rings. The maximum atomic E-state index is 13.9. The van der Waals surface area contributed by atoms with Crippen LogP contribution in [0.25, 0.3) is 11.1 Å². The van der Waals surface area contributed by atoms with Gasteiger partial charge in [0.25, 0.3) is 0 Å². The molecule has 0 spiro atoms. The molecule has 1 aliphatic carbocycles. The lowest BCUT2D eigenvalue weighted by molar-refractivity contribution is -0.129. The van der Waals surface area contributed by atoms with Crippen molar-refractivity contribution in [3.05, 3.63) is 83.9 Å². The minimum atomic E-state index is -0.545. The Balaban J connectivity index is 1.09. The maximum Gasteiger partial charge on any atom is 0.407 e. The number of hydrogen-bond donors (Lipinski definition) is 2. The Labute approximate surface area is 313 Å². The lowest BCUT2D eigenvalue weighted by Crippen LogP contribution is -2.44. The number of azo groups is 1. The van der Waals surface area contributed by atoms with Gasteiger partial charge in [0, 0.05) is 67.9 Å². The second kappa shape index (κ2) is 17.3. The number of hydrogen-bond acceptors (Lipinski definition) is 9. The molecule has 3 aliphatic rings. The van der Waals surface area contributed by atoms with Crippen molar-refractivity contribution in [1.82, 2.24) is 10.2 Å². The number of piperazine rings is 1. The number of amidine groups is 1. The molecule has 0 aromatic heterocycles. The molecule has 280 valence electrons. The van der Waals surface area contributed by atoms with E-state index in [0.29, 0.717) is 37.1 Å². The van der Waals surface area contributed by atoms with Crippen molar-refractivity contribution >= 4 is 35.0 Å². The van der Waals surface area contributed by atoms with Crippen LogP contribution in [-0.2, 0) is 20.7 Å². The number of aliphatic imine (C=N–C) groups is 1. The van der Waals surface area contributed by atoms with E-state index in [9.17, 15) is 14.4 Å². The zero-order valence-electron chi connectivity index (χ0n) is 31.5. The maximum absolute atomic E-state index is 13.9. The van der Waals surface area contributed by atoms with Gasteiger partial charge in [0.1, 0.15) is 11.4 Å². The minimum absolute atomic E-state index is 0.0973. The fraction of sp³-hybridized carbons (Fsp3) is 0.476. The predicted molar refractivity (Wildman–Crippen MR) is 209 cm³/mol. The Morgan fingerprint density at radius 3 is 2.06 bits per heavy atom. The van der Waals surface area contributed by atoms with E-state index in [1.807, 2.05) is 45.0 Å². The largest absolute Gasteiger partial charge is 0.444 e. The van der Waals surface area contributed by atoms with Crippen LogP contribution in [0.4, 0.5) is 16.2 Å². The number of carbonyl (C=O) groups is 3. The van der Waals surface area contributed by atoms with Gasteiger partial charge in [0.2, 0.25) is 5.91 Å². The van der Waals surface area contributed by atoms with Gasteiger partial charge in [0.15, 0.2) is 12.5 Å². The van der Waals surface area contributed by atoms with Crippen molar-refractivity contribution in [1.29, 1.82) is 0 Å². The number of nitrogens with one attached hydrogen (secondary N) is 2. The summed E-state index contributed by atoms with van der Waals surface area (Å²) in [6, 6.07) is 24.5. The summed E-state index contributed by atoms with van der Waals surface area (Å²) in [7, 11) is 2.17. The molecule has 2 amide bonds. The molecule has 11 nitrogen and oxygen atoms in total. The molecule has 11 heteroatoms. The topological polar surface area (TPSA) is 128 Å². The first-order valence-corrected chi connectivity index (χ1v) is 18.9. The third kappa shape index (κ3) is 10.8. The van der Waals surface area contributed by atoms with Gasteiger partial charge in [-0.3, -0.25) is 9.59 Å². The van der Waals surface area contributed by atoms with Gasteiger partial charge in [-0.25, -0.2) is 9.79 Å². The SMILES string of the molecule is CN1CCN(c2ccc(-c3ccc(C[C@H](CC(=O)C4CCC(CNC(=O)OC(C)(C)C)CC4)C(=O)Nc4ccc(C5=NCN=N5)cc4)cc3)cc2)CC1. The average molecular weight is 720 g/mol. The average Bonchev–Trinajstić information content (AvgIpc) is 3.70. The van der Waals surface area contributed by atoms with Gasteiger partial charge in [-0.2, -0.15) is 5.11 Å². The molecule has 2 heterocycles. The number of Topliss-reactive ketones (excluding diaryl/α,β-unsaturated/α-hetero) is 1. The smallest absolute Gasteiger partial charge is 0.407 e. The molecule has 6 rings (SSSR count). The zero-order chi connectivity index (χ0) is 37.4. The van der Waals surface area contributed by atoms with E-state index in [-0.39, 0.29) is 24.0 Å². The van der Waals surface area contributed by atoms with Gasteiger partial charge in [-0.1, -0.05) is 36.4 Å². The first-order valence-electron chi connectivity index (χ1n) is 18.9. The van der Waals surface area contributed by atoms with E-state index in [0.717, 1.165) is 74.1 Å². The quantitative estimate of drug-likeness (QED) is 0.201. The van der Waals surface area contributed by atoms with Gasteiger partial charge in [-0.05, 0) is 119 Å². The molecule has 53 heavy (non-hydrogen) atoms. The summed E-state index contributed by atoms with van der Waals surface area (Å²) in [5, 5.41) is 13.9. The molecule has 0 bridgehead atoms. The normalized spacial score (nSPS) is 19.7. The van der Waals surface area contributed by atoms with Crippen molar-refractivity contribution in [2.24, 2.45) is 33.0 Å². The molecule has 3 aromatic carbocycles. The van der Waals surface area contributed by atoms with Gasteiger partial charge >= 0.3 is 6.09 Å². The summed E-state index contributed by atoms with van der Waals surface area (Å²) in [5.74, 6) is 0.196. The number of nitrogens with zero attached hydrogens (tertiary/aromatic N) is 5. The van der Waals surface area contributed by atoms with Crippen molar-refractivity contribution in [3.63, 3.8) is 0 Å². The lowest BCUT2D eigenvalue weighted by atomic mass is 9.77. The Hall–Kier alpha value is -4.90. The summed E-state index contributed by atoms with van der Waals surface area (Å²) >= 11 is 0. The molecule has 1 saturated heterocycles. The third-order valence-corrected chi connectivity index (χ3v) is 10.4. The highest BCUT2D eigenvalue weighted by molar-refractivity contribution is 6.01. The van der Waals surface area contributed by atoms with Gasteiger partial charge < -0.3 is 25.2 Å². The highest BCUT2D eigenvalue weighted by atomic mass is 16.6. The summed E-state index contributed by atoms with van der Waals surface area (Å²) in [6.45, 7) is 10.6. The van der Waals surface area contributed by atoms with E-state index in [1.54, 1.807) is 0 Å². The lowest BCUT2D eigenvalue weighted by Gasteiger charge is -2.34. The molecule has 1 atom stereocenters. The molecule has 1 saturated carbocycles. The van der Waals surface area contributed by atoms with Crippen LogP contribution in [0.3, 0.4) is 0 Å². The van der Waals surface area contributed by atoms with Crippen LogP contribution in [0.15, 0.2) is 88.0 Å². The number of ketones is 1. The fourth-order valence-corrected chi connectivity index (χ4v) is 7.27. The highest BCUT2D eigenvalue weighted by Gasteiger charge is 2.31. The van der Waals surface area contributed by atoms with E-state index in [2.05, 4.69) is 91.2 Å². The molecule has 0 radical (unpaired) electrons. The van der Waals surface area contributed by atoms with Crippen molar-refractivity contribution in [3.8, 4) is 11.1 Å². The van der Waals surface area contributed by atoms with Gasteiger partial charge in [-0.15, -0.1) is 5.11 Å². The number of ether oxygens (including phenoxy) is 1. The van der Waals surface area contributed by atoms with Crippen LogP contribution in [0.5, 0.6) is 0 Å². The van der Waals surface area contributed by atoms with Crippen LogP contribution in [0.1, 0.15) is 64.0 Å². The summed E-state index contributed by atoms with van der Waals surface area (Å²) in [6.07, 6.45) is 3.39. The Morgan fingerprint density at radius 1 is 0.830 bits per heavy atom. The molecular weight excluding hydrogens is 667 g/mol. The van der Waals surface area contributed by atoms with Crippen molar-refractivity contribution < 1.29 is 19.1 Å². The number of benzene rings is 3. The summed E-state index contributed by atoms with van der Waals surface area (Å²) in [5.41, 5.74) is 5.45. The first-order chi connectivity index (χ1) is 25.5. The molecule has 3 aromatic rings. The molecule has 2 aliphatic heterocycles. The van der Waals surface area contributed by atoms with E-state index in [1.165, 1.54) is 5.69 Å². The van der Waals surface area contributed by atoms with E-state index in [4.69, 9.17) is 4.74 Å². The highest BCUT2D eigenvalue weighted by Crippen LogP contribution is 2.32. The number of carbonyl (C=O) groups excluding carboxylic acids is 3. The van der Waals surface area contributed by atoms with E-state index >= 15 is 0 Å². The van der Waals surface area contributed by atoms with Crippen LogP contribution in [0, 0.1) is 17.8 Å². The van der Waals surface area contributed by atoms with Crippen LogP contribution in [0.2, 0.25) is 0 Å². The van der Waals surface area contributed by atoms with Crippen molar-refractivity contribution in [2.75, 3.05) is 56.7 Å². The summed E-state index contributed by atoms with van der Waals surface area (Å²) < 4.78 is 5.37. The number of alkyl carbamates (subject to hydrolysis) is 1. The van der Waals surface area contributed by atoms with Crippen molar-refractivity contribution in [2.45, 2.75) is 64.9 Å². The fourth-order valence-electron chi connectivity index (χ4n) is 7.27. The van der Waals surface area contributed by atoms with E-state index < -0.39 is 17.6 Å². The van der Waals surface area contributed by atoms with Crippen LogP contribution < -0.4 is 15.5 Å². The number of anilines is 2. The number of rotatable bonds is 12. The van der Waals surface area contributed by atoms with Gasteiger partial charge in [0.05, 0.1) is 0 Å². The second-order valence-electron chi connectivity index (χ2n) is 15.6. The Kier molecular flexibility index (Phi) is 12.3. The monoisotopic (exact) mass is 719 g/mol. The summed E-state index contributed by atoms with van der Waals surface area (Å²) in [4.78, 5) is 48.8. The Morgan fingerprint density at radius 2 is 1.45 bits per heavy atom.